The third-order valence-corrected chi connectivity index (χ3v) is 3.23. The lowest BCUT2D eigenvalue weighted by Gasteiger charge is -2.12. The molecule has 0 amide bonds. The standard InChI is InChI=1S/C12H28N4O2S.HI/c1-11(2)7-5-6-8-14-12(13-3)15-9-10-16-19(4,17)18;/h11,16H,5-10H2,1-4H3,(H2,13,14,15);1H. The minimum Gasteiger partial charge on any atom is -0.356 e. The first-order valence-electron chi connectivity index (χ1n) is 6.74. The van der Waals surface area contributed by atoms with Crippen LogP contribution in [0.3, 0.4) is 0 Å². The van der Waals surface area contributed by atoms with Gasteiger partial charge in [0.1, 0.15) is 0 Å². The summed E-state index contributed by atoms with van der Waals surface area (Å²) in [6.45, 7) is 6.20. The third-order valence-electron chi connectivity index (χ3n) is 2.51. The maximum Gasteiger partial charge on any atom is 0.208 e. The number of halogens is 1. The van der Waals surface area contributed by atoms with Crippen molar-refractivity contribution in [2.45, 2.75) is 33.1 Å². The van der Waals surface area contributed by atoms with E-state index in [1.54, 1.807) is 7.05 Å². The SMILES string of the molecule is CN=C(NCCCCC(C)C)NCCNS(C)(=O)=O.I. The second-order valence-corrected chi connectivity index (χ2v) is 6.81. The molecular weight excluding hydrogens is 391 g/mol. The van der Waals surface area contributed by atoms with Crippen LogP contribution in [0.2, 0.25) is 0 Å². The molecule has 0 rings (SSSR count). The number of hydrogen-bond acceptors (Lipinski definition) is 3. The van der Waals surface area contributed by atoms with Gasteiger partial charge in [-0.25, -0.2) is 13.1 Å². The van der Waals surface area contributed by atoms with E-state index in [0.717, 1.165) is 25.1 Å². The molecule has 0 aromatic rings. The summed E-state index contributed by atoms with van der Waals surface area (Å²) in [5.74, 6) is 1.46. The highest BCUT2D eigenvalue weighted by Gasteiger charge is 2.00. The van der Waals surface area contributed by atoms with Crippen molar-refractivity contribution in [1.82, 2.24) is 15.4 Å². The molecule has 0 heterocycles. The van der Waals surface area contributed by atoms with Crippen molar-refractivity contribution in [3.05, 3.63) is 0 Å². The van der Waals surface area contributed by atoms with E-state index in [0.29, 0.717) is 19.0 Å². The minimum atomic E-state index is -3.11. The van der Waals surface area contributed by atoms with Crippen LogP contribution in [0.4, 0.5) is 0 Å². The average molecular weight is 420 g/mol. The molecule has 20 heavy (non-hydrogen) atoms. The summed E-state index contributed by atoms with van der Waals surface area (Å²) < 4.78 is 24.1. The van der Waals surface area contributed by atoms with Gasteiger partial charge in [0, 0.05) is 26.7 Å². The Hall–Kier alpha value is -0.0900. The van der Waals surface area contributed by atoms with Crippen LogP contribution in [0.25, 0.3) is 0 Å². The van der Waals surface area contributed by atoms with Crippen LogP contribution < -0.4 is 15.4 Å². The predicted octanol–water partition coefficient (Wildman–Crippen LogP) is 1.14. The van der Waals surface area contributed by atoms with Crippen LogP contribution in [0.5, 0.6) is 0 Å². The summed E-state index contributed by atoms with van der Waals surface area (Å²) in [6, 6.07) is 0. The summed E-state index contributed by atoms with van der Waals surface area (Å²) >= 11 is 0. The topological polar surface area (TPSA) is 82.6 Å². The summed E-state index contributed by atoms with van der Waals surface area (Å²) in [4.78, 5) is 4.07. The van der Waals surface area contributed by atoms with Gasteiger partial charge in [-0.3, -0.25) is 4.99 Å². The molecule has 0 aliphatic heterocycles. The Morgan fingerprint density at radius 1 is 1.10 bits per heavy atom. The molecule has 3 N–H and O–H groups in total. The molecule has 0 fully saturated rings. The predicted molar refractivity (Wildman–Crippen MR) is 96.3 cm³/mol. The van der Waals surface area contributed by atoms with E-state index in [4.69, 9.17) is 0 Å². The molecule has 0 unspecified atom stereocenters. The van der Waals surface area contributed by atoms with E-state index in [2.05, 4.69) is 34.2 Å². The number of guanidine groups is 1. The van der Waals surface area contributed by atoms with Crippen molar-refractivity contribution in [2.24, 2.45) is 10.9 Å². The zero-order chi connectivity index (χ0) is 14.7. The first-order chi connectivity index (χ1) is 8.85. The van der Waals surface area contributed by atoms with Gasteiger partial charge in [0.2, 0.25) is 10.0 Å². The quantitative estimate of drug-likeness (QED) is 0.226. The van der Waals surface area contributed by atoms with E-state index in [-0.39, 0.29) is 24.0 Å². The van der Waals surface area contributed by atoms with Crippen LogP contribution >= 0.6 is 24.0 Å². The highest BCUT2D eigenvalue weighted by atomic mass is 127. The van der Waals surface area contributed by atoms with E-state index in [1.807, 2.05) is 0 Å². The van der Waals surface area contributed by atoms with Gasteiger partial charge in [0.25, 0.3) is 0 Å². The van der Waals surface area contributed by atoms with Crippen molar-refractivity contribution in [3.63, 3.8) is 0 Å². The largest absolute Gasteiger partial charge is 0.356 e. The normalized spacial score (nSPS) is 12.2. The Kier molecular flexibility index (Phi) is 14.0. The Labute approximate surface area is 140 Å². The van der Waals surface area contributed by atoms with Gasteiger partial charge in [0.15, 0.2) is 5.96 Å². The highest BCUT2D eigenvalue weighted by molar-refractivity contribution is 14.0. The monoisotopic (exact) mass is 420 g/mol. The van der Waals surface area contributed by atoms with Gasteiger partial charge in [-0.2, -0.15) is 0 Å². The van der Waals surface area contributed by atoms with Gasteiger partial charge < -0.3 is 10.6 Å². The molecule has 0 aliphatic rings. The first kappa shape index (κ1) is 22.2. The maximum atomic E-state index is 10.9. The van der Waals surface area contributed by atoms with Gasteiger partial charge in [-0.15, -0.1) is 24.0 Å². The van der Waals surface area contributed by atoms with Crippen LogP contribution in [-0.4, -0.2) is 47.3 Å². The number of nitrogens with one attached hydrogen (secondary N) is 3. The van der Waals surface area contributed by atoms with Crippen molar-refractivity contribution in [2.75, 3.05) is 32.9 Å². The smallest absolute Gasteiger partial charge is 0.208 e. The number of sulfonamides is 1. The molecule has 0 aromatic heterocycles. The van der Waals surface area contributed by atoms with Crippen molar-refractivity contribution in [1.29, 1.82) is 0 Å². The van der Waals surface area contributed by atoms with Gasteiger partial charge in [-0.1, -0.05) is 26.7 Å². The molecular formula is C12H29IN4O2S. The maximum absolute atomic E-state index is 10.9. The Bertz CT molecular complexity index is 358. The zero-order valence-corrected chi connectivity index (χ0v) is 16.0. The molecule has 6 nitrogen and oxygen atoms in total. The summed E-state index contributed by atoms with van der Waals surface area (Å²) in [5, 5.41) is 6.26. The van der Waals surface area contributed by atoms with E-state index >= 15 is 0 Å². The van der Waals surface area contributed by atoms with Crippen molar-refractivity contribution in [3.8, 4) is 0 Å². The fourth-order valence-electron chi connectivity index (χ4n) is 1.52. The van der Waals surface area contributed by atoms with Crippen LogP contribution in [0.15, 0.2) is 4.99 Å². The van der Waals surface area contributed by atoms with Crippen molar-refractivity contribution >= 4 is 40.0 Å². The fraction of sp³-hybridized carbons (Fsp3) is 0.917. The zero-order valence-electron chi connectivity index (χ0n) is 12.9. The van der Waals surface area contributed by atoms with Gasteiger partial charge in [-0.05, 0) is 12.3 Å². The molecule has 0 atom stereocenters. The lowest BCUT2D eigenvalue weighted by molar-refractivity contribution is 0.534. The molecule has 0 bridgehead atoms. The second-order valence-electron chi connectivity index (χ2n) is 4.98. The van der Waals surface area contributed by atoms with E-state index in [9.17, 15) is 8.42 Å². The van der Waals surface area contributed by atoms with Gasteiger partial charge in [0.05, 0.1) is 6.26 Å². The summed E-state index contributed by atoms with van der Waals surface area (Å²) in [6.07, 6.45) is 4.71. The Morgan fingerprint density at radius 2 is 1.70 bits per heavy atom. The number of aliphatic imine (C=N–C) groups is 1. The second kappa shape index (κ2) is 12.6. The van der Waals surface area contributed by atoms with E-state index in [1.165, 1.54) is 12.8 Å². The van der Waals surface area contributed by atoms with Crippen LogP contribution in [0, 0.1) is 5.92 Å². The Morgan fingerprint density at radius 3 is 2.20 bits per heavy atom. The van der Waals surface area contributed by atoms with Gasteiger partial charge >= 0.3 is 0 Å². The summed E-state index contributed by atoms with van der Waals surface area (Å²) in [7, 11) is -1.41. The molecule has 0 radical (unpaired) electrons. The summed E-state index contributed by atoms with van der Waals surface area (Å²) in [5.41, 5.74) is 0. The molecule has 0 spiro atoms. The number of nitrogens with zero attached hydrogens (tertiary/aromatic N) is 1. The number of rotatable bonds is 9. The molecule has 122 valence electrons. The highest BCUT2D eigenvalue weighted by Crippen LogP contribution is 2.04. The number of unbranched alkanes of at least 4 members (excludes halogenated alkanes) is 1. The number of hydrogen-bond donors (Lipinski definition) is 3. The van der Waals surface area contributed by atoms with Crippen LogP contribution in [-0.2, 0) is 10.0 Å². The molecule has 0 aliphatic carbocycles. The lowest BCUT2D eigenvalue weighted by atomic mass is 10.1. The lowest BCUT2D eigenvalue weighted by Crippen LogP contribution is -2.41. The van der Waals surface area contributed by atoms with Crippen molar-refractivity contribution < 1.29 is 8.42 Å². The molecule has 0 saturated heterocycles. The average Bonchev–Trinajstić information content (AvgIpc) is 2.29. The minimum absolute atomic E-state index is 0. The fourth-order valence-corrected chi connectivity index (χ4v) is 2.00. The molecule has 0 aromatic carbocycles. The first-order valence-corrected chi connectivity index (χ1v) is 8.63. The van der Waals surface area contributed by atoms with E-state index < -0.39 is 10.0 Å². The Balaban J connectivity index is 0. The molecule has 8 heteroatoms. The van der Waals surface area contributed by atoms with Crippen LogP contribution in [0.1, 0.15) is 33.1 Å². The molecule has 0 saturated carbocycles. The third kappa shape index (κ3) is 16.0.